The molecule has 0 saturated carbocycles. The summed E-state index contributed by atoms with van der Waals surface area (Å²) in [5.41, 5.74) is 0.547. The van der Waals surface area contributed by atoms with Gasteiger partial charge < -0.3 is 15.3 Å². The molecule has 1 aromatic rings. The van der Waals surface area contributed by atoms with Crippen molar-refractivity contribution in [2.75, 3.05) is 11.4 Å². The molecule has 0 fully saturated rings. The van der Waals surface area contributed by atoms with Gasteiger partial charge in [0.25, 0.3) is 11.7 Å². The van der Waals surface area contributed by atoms with E-state index in [1.807, 2.05) is 0 Å². The van der Waals surface area contributed by atoms with Crippen LogP contribution < -0.4 is 10.2 Å². The van der Waals surface area contributed by atoms with Crippen molar-refractivity contribution in [1.82, 2.24) is 5.32 Å². The first kappa shape index (κ1) is 15.2. The van der Waals surface area contributed by atoms with Crippen molar-refractivity contribution in [2.45, 2.75) is 13.0 Å². The fourth-order valence-electron chi connectivity index (χ4n) is 2.07. The van der Waals surface area contributed by atoms with Crippen LogP contribution in [0.25, 0.3) is 0 Å². The quantitative estimate of drug-likeness (QED) is 0.769. The molecule has 2 N–H and O–H groups in total. The number of ketones is 1. The first-order valence-electron chi connectivity index (χ1n) is 5.97. The third kappa shape index (κ3) is 2.94. The molecule has 0 aromatic heterocycles. The Bertz CT molecular complexity index is 658. The average molecular weight is 355 g/mol. The van der Waals surface area contributed by atoms with Crippen LogP contribution in [0.15, 0.2) is 22.7 Å². The number of carboxylic acids is 1. The number of Topliss-reactive ketones (excluding diaryl/α,β-unsaturated/α-hetero) is 1. The summed E-state index contributed by atoms with van der Waals surface area (Å²) in [7, 11) is 0. The van der Waals surface area contributed by atoms with Crippen LogP contribution in [0.1, 0.15) is 17.3 Å². The Labute approximate surface area is 128 Å². The number of carbonyl (C=O) groups excluding carboxylic acids is 3. The third-order valence-electron chi connectivity index (χ3n) is 2.97. The largest absolute Gasteiger partial charge is 0.480 e. The monoisotopic (exact) mass is 354 g/mol. The van der Waals surface area contributed by atoms with Crippen molar-refractivity contribution in [2.24, 2.45) is 0 Å². The number of benzene rings is 1. The van der Waals surface area contributed by atoms with Gasteiger partial charge in [-0.15, -0.1) is 0 Å². The fourth-order valence-corrected chi connectivity index (χ4v) is 2.43. The van der Waals surface area contributed by atoms with Gasteiger partial charge in [-0.3, -0.25) is 14.4 Å². The summed E-state index contributed by atoms with van der Waals surface area (Å²) in [6.07, 6.45) is 0. The third-order valence-corrected chi connectivity index (χ3v) is 3.47. The van der Waals surface area contributed by atoms with Crippen LogP contribution in [-0.4, -0.2) is 41.3 Å². The fraction of sp³-hybridized carbons (Fsp3) is 0.231. The lowest BCUT2D eigenvalue weighted by Crippen LogP contribution is -2.49. The summed E-state index contributed by atoms with van der Waals surface area (Å²) in [6.45, 7) is 0.867. The molecule has 110 valence electrons. The van der Waals surface area contributed by atoms with Gasteiger partial charge in [-0.05, 0) is 18.2 Å². The van der Waals surface area contributed by atoms with Crippen LogP contribution >= 0.6 is 15.9 Å². The molecule has 1 aliphatic rings. The summed E-state index contributed by atoms with van der Waals surface area (Å²) in [5.74, 6) is -3.31. The van der Waals surface area contributed by atoms with E-state index in [0.29, 0.717) is 10.2 Å². The van der Waals surface area contributed by atoms with Gasteiger partial charge in [0.1, 0.15) is 6.04 Å². The average Bonchev–Trinajstić information content (AvgIpc) is 2.62. The molecule has 0 saturated heterocycles. The molecule has 1 atom stereocenters. The highest BCUT2D eigenvalue weighted by atomic mass is 79.9. The van der Waals surface area contributed by atoms with Gasteiger partial charge in [-0.25, -0.2) is 4.79 Å². The van der Waals surface area contributed by atoms with Crippen molar-refractivity contribution >= 4 is 45.2 Å². The Morgan fingerprint density at radius 2 is 2.05 bits per heavy atom. The smallest absolute Gasteiger partial charge is 0.328 e. The lowest BCUT2D eigenvalue weighted by molar-refractivity contribution is -0.141. The van der Waals surface area contributed by atoms with E-state index >= 15 is 0 Å². The van der Waals surface area contributed by atoms with E-state index in [4.69, 9.17) is 5.11 Å². The van der Waals surface area contributed by atoms with Crippen LogP contribution in [0.4, 0.5) is 5.69 Å². The zero-order valence-electron chi connectivity index (χ0n) is 10.9. The Morgan fingerprint density at radius 3 is 2.62 bits per heavy atom. The van der Waals surface area contributed by atoms with Crippen LogP contribution in [-0.2, 0) is 14.4 Å². The van der Waals surface area contributed by atoms with Crippen molar-refractivity contribution in [3.63, 3.8) is 0 Å². The zero-order chi connectivity index (χ0) is 15.7. The number of fused-ring (bicyclic) bond motifs is 1. The van der Waals surface area contributed by atoms with Crippen LogP contribution in [0.3, 0.4) is 0 Å². The number of aliphatic carboxylic acids is 1. The van der Waals surface area contributed by atoms with Gasteiger partial charge in [0.05, 0.1) is 17.8 Å². The number of nitrogens with one attached hydrogen (secondary N) is 1. The number of hydrogen-bond acceptors (Lipinski definition) is 4. The minimum atomic E-state index is -1.28. The first-order valence-corrected chi connectivity index (χ1v) is 6.76. The second-order valence-corrected chi connectivity index (χ2v) is 5.41. The number of anilines is 1. The summed E-state index contributed by atoms with van der Waals surface area (Å²) >= 11 is 3.21. The Morgan fingerprint density at radius 1 is 1.38 bits per heavy atom. The van der Waals surface area contributed by atoms with E-state index in [1.165, 1.54) is 13.0 Å². The first-order chi connectivity index (χ1) is 9.81. The van der Waals surface area contributed by atoms with E-state index in [0.717, 1.165) is 4.90 Å². The van der Waals surface area contributed by atoms with Gasteiger partial charge >= 0.3 is 5.97 Å². The number of carbonyl (C=O) groups is 4. The standard InChI is InChI=1S/C13H11BrN2O5/c1-6(17)15-9(13(20)21)5-16-10-3-2-7(14)4-8(10)11(18)12(16)19/h2-4,9H,5H2,1H3,(H,15,17)(H,20,21). The number of carboxylic acid groups (broad SMARTS) is 1. The highest BCUT2D eigenvalue weighted by Gasteiger charge is 2.38. The molecular weight excluding hydrogens is 344 g/mol. The number of amides is 2. The van der Waals surface area contributed by atoms with E-state index in [1.54, 1.807) is 12.1 Å². The van der Waals surface area contributed by atoms with E-state index < -0.39 is 29.6 Å². The number of nitrogens with zero attached hydrogens (tertiary/aromatic N) is 1. The molecular formula is C13H11BrN2O5. The van der Waals surface area contributed by atoms with E-state index in [-0.39, 0.29) is 12.1 Å². The summed E-state index contributed by atoms with van der Waals surface area (Å²) in [6, 6.07) is 3.42. The van der Waals surface area contributed by atoms with Crippen LogP contribution in [0.2, 0.25) is 0 Å². The van der Waals surface area contributed by atoms with Gasteiger partial charge in [0.15, 0.2) is 0 Å². The van der Waals surface area contributed by atoms with Crippen molar-refractivity contribution < 1.29 is 24.3 Å². The maximum absolute atomic E-state index is 12.0. The molecule has 0 aliphatic carbocycles. The maximum atomic E-state index is 12.0. The number of halogens is 1. The topological polar surface area (TPSA) is 104 Å². The van der Waals surface area contributed by atoms with Crippen molar-refractivity contribution in [1.29, 1.82) is 0 Å². The zero-order valence-corrected chi connectivity index (χ0v) is 12.5. The molecule has 1 aliphatic heterocycles. The lowest BCUT2D eigenvalue weighted by atomic mass is 10.1. The predicted molar refractivity (Wildman–Crippen MR) is 76.1 cm³/mol. The maximum Gasteiger partial charge on any atom is 0.328 e. The molecule has 2 amide bonds. The second-order valence-electron chi connectivity index (χ2n) is 4.50. The molecule has 0 spiro atoms. The van der Waals surface area contributed by atoms with Crippen molar-refractivity contribution in [3.05, 3.63) is 28.2 Å². The summed E-state index contributed by atoms with van der Waals surface area (Å²) in [5, 5.41) is 11.3. The van der Waals surface area contributed by atoms with Gasteiger partial charge in [-0.2, -0.15) is 0 Å². The van der Waals surface area contributed by atoms with Gasteiger partial charge in [0.2, 0.25) is 5.91 Å². The Kier molecular flexibility index (Phi) is 4.08. The second kappa shape index (κ2) is 5.65. The van der Waals surface area contributed by atoms with Crippen molar-refractivity contribution in [3.8, 4) is 0 Å². The predicted octanol–water partition coefficient (Wildman–Crippen LogP) is 0.568. The van der Waals surface area contributed by atoms with E-state index in [2.05, 4.69) is 21.2 Å². The lowest BCUT2D eigenvalue weighted by Gasteiger charge is -2.21. The molecule has 0 bridgehead atoms. The highest BCUT2D eigenvalue weighted by Crippen LogP contribution is 2.31. The van der Waals surface area contributed by atoms with Gasteiger partial charge in [-0.1, -0.05) is 15.9 Å². The Balaban J connectivity index is 2.32. The molecule has 7 nitrogen and oxygen atoms in total. The molecule has 2 rings (SSSR count). The normalized spacial score (nSPS) is 14.9. The number of hydrogen-bond donors (Lipinski definition) is 2. The Hall–Kier alpha value is -2.22. The highest BCUT2D eigenvalue weighted by molar-refractivity contribution is 9.10. The SMILES string of the molecule is CC(=O)NC(CN1C(=O)C(=O)c2cc(Br)ccc21)C(=O)O. The molecule has 0 radical (unpaired) electrons. The molecule has 21 heavy (non-hydrogen) atoms. The summed E-state index contributed by atoms with van der Waals surface area (Å²) < 4.78 is 0.640. The molecule has 8 heteroatoms. The number of rotatable bonds is 4. The summed E-state index contributed by atoms with van der Waals surface area (Å²) in [4.78, 5) is 47.1. The van der Waals surface area contributed by atoms with Crippen LogP contribution in [0, 0.1) is 0 Å². The minimum Gasteiger partial charge on any atom is -0.480 e. The molecule has 1 unspecified atom stereocenters. The minimum absolute atomic E-state index is 0.210. The van der Waals surface area contributed by atoms with Crippen LogP contribution in [0.5, 0.6) is 0 Å². The molecule has 1 heterocycles. The van der Waals surface area contributed by atoms with Gasteiger partial charge in [0, 0.05) is 11.4 Å². The molecule has 1 aromatic carbocycles. The van der Waals surface area contributed by atoms with E-state index in [9.17, 15) is 19.2 Å².